The molecular formula is C18H22N2O. The van der Waals surface area contributed by atoms with Gasteiger partial charge in [0.1, 0.15) is 5.75 Å². The lowest BCUT2D eigenvalue weighted by Crippen LogP contribution is -2.31. The van der Waals surface area contributed by atoms with E-state index in [0.29, 0.717) is 5.92 Å². The van der Waals surface area contributed by atoms with Gasteiger partial charge >= 0.3 is 0 Å². The summed E-state index contributed by atoms with van der Waals surface area (Å²) in [5.74, 6) is 1.44. The molecule has 1 aromatic carbocycles. The maximum Gasteiger partial charge on any atom is 0.118 e. The van der Waals surface area contributed by atoms with Crippen molar-refractivity contribution in [3.05, 3.63) is 48.2 Å². The maximum absolute atomic E-state index is 5.21. The number of hydrogen-bond acceptors (Lipinski definition) is 3. The molecule has 0 saturated carbocycles. The van der Waals surface area contributed by atoms with E-state index in [9.17, 15) is 0 Å². The maximum atomic E-state index is 5.21. The first-order valence-electron chi connectivity index (χ1n) is 7.56. The molecule has 0 bridgehead atoms. The van der Waals surface area contributed by atoms with Gasteiger partial charge in [0, 0.05) is 23.7 Å². The van der Waals surface area contributed by atoms with Crippen molar-refractivity contribution in [2.45, 2.75) is 18.8 Å². The lowest BCUT2D eigenvalue weighted by atomic mass is 9.94. The van der Waals surface area contributed by atoms with Crippen LogP contribution in [0.15, 0.2) is 42.5 Å². The van der Waals surface area contributed by atoms with Crippen LogP contribution in [0.3, 0.4) is 0 Å². The second-order valence-electron chi connectivity index (χ2n) is 5.78. The standard InChI is InChI=1S/C18H22N2O/c1-20-12-4-5-15(13-20)18-7-3-6-17(19-18)14-8-10-16(21-2)11-9-14/h3,6-11,15H,4-5,12-13H2,1-2H3/t15-/m0/s1. The Balaban J connectivity index is 1.85. The molecule has 1 aliphatic heterocycles. The van der Waals surface area contributed by atoms with E-state index in [-0.39, 0.29) is 0 Å². The number of likely N-dealkylation sites (tertiary alicyclic amines) is 1. The summed E-state index contributed by atoms with van der Waals surface area (Å²) in [6.45, 7) is 2.31. The number of ether oxygens (including phenoxy) is 1. The second-order valence-corrected chi connectivity index (χ2v) is 5.78. The summed E-state index contributed by atoms with van der Waals surface area (Å²) >= 11 is 0. The molecule has 0 spiro atoms. The summed E-state index contributed by atoms with van der Waals surface area (Å²) in [7, 11) is 3.88. The highest BCUT2D eigenvalue weighted by Gasteiger charge is 2.20. The topological polar surface area (TPSA) is 25.4 Å². The van der Waals surface area contributed by atoms with E-state index in [0.717, 1.165) is 23.6 Å². The number of aromatic nitrogens is 1. The number of likely N-dealkylation sites (N-methyl/N-ethyl adjacent to an activating group) is 1. The summed E-state index contributed by atoms with van der Waals surface area (Å²) in [6, 6.07) is 14.5. The average Bonchev–Trinajstić information content (AvgIpc) is 2.55. The molecule has 110 valence electrons. The number of rotatable bonds is 3. The minimum atomic E-state index is 0.557. The number of methoxy groups -OCH3 is 1. The molecule has 1 atom stereocenters. The molecule has 21 heavy (non-hydrogen) atoms. The summed E-state index contributed by atoms with van der Waals surface area (Å²) < 4.78 is 5.21. The smallest absolute Gasteiger partial charge is 0.118 e. The van der Waals surface area contributed by atoms with Crippen LogP contribution in [0.1, 0.15) is 24.5 Å². The van der Waals surface area contributed by atoms with Crippen LogP contribution in [0, 0.1) is 0 Å². The van der Waals surface area contributed by atoms with Gasteiger partial charge in [-0.1, -0.05) is 6.07 Å². The molecule has 0 aliphatic carbocycles. The van der Waals surface area contributed by atoms with Gasteiger partial charge in [-0.25, -0.2) is 0 Å². The van der Waals surface area contributed by atoms with Crippen molar-refractivity contribution in [2.75, 3.05) is 27.2 Å². The molecule has 2 heterocycles. The predicted octanol–water partition coefficient (Wildman–Crippen LogP) is 3.57. The van der Waals surface area contributed by atoms with Crippen molar-refractivity contribution in [2.24, 2.45) is 0 Å². The minimum Gasteiger partial charge on any atom is -0.497 e. The molecule has 0 N–H and O–H groups in total. The largest absolute Gasteiger partial charge is 0.497 e. The van der Waals surface area contributed by atoms with Gasteiger partial charge in [0.05, 0.1) is 12.8 Å². The van der Waals surface area contributed by atoms with Gasteiger partial charge in [0.15, 0.2) is 0 Å². The van der Waals surface area contributed by atoms with Crippen molar-refractivity contribution >= 4 is 0 Å². The fourth-order valence-electron chi connectivity index (χ4n) is 3.01. The first-order chi connectivity index (χ1) is 10.3. The molecule has 3 nitrogen and oxygen atoms in total. The zero-order valence-electron chi connectivity index (χ0n) is 12.7. The van der Waals surface area contributed by atoms with E-state index in [1.54, 1.807) is 7.11 Å². The lowest BCUT2D eigenvalue weighted by Gasteiger charge is -2.29. The summed E-state index contributed by atoms with van der Waals surface area (Å²) in [4.78, 5) is 7.29. The predicted molar refractivity (Wildman–Crippen MR) is 85.7 cm³/mol. The fourth-order valence-corrected chi connectivity index (χ4v) is 3.01. The number of benzene rings is 1. The zero-order chi connectivity index (χ0) is 14.7. The Morgan fingerprint density at radius 1 is 1.14 bits per heavy atom. The molecule has 0 unspecified atom stereocenters. The quantitative estimate of drug-likeness (QED) is 0.860. The van der Waals surface area contributed by atoms with Crippen LogP contribution in [-0.2, 0) is 0 Å². The highest BCUT2D eigenvalue weighted by Crippen LogP contribution is 2.27. The van der Waals surface area contributed by atoms with Crippen molar-refractivity contribution in [1.82, 2.24) is 9.88 Å². The van der Waals surface area contributed by atoms with Gasteiger partial charge in [-0.15, -0.1) is 0 Å². The minimum absolute atomic E-state index is 0.557. The summed E-state index contributed by atoms with van der Waals surface area (Å²) in [5, 5.41) is 0. The first-order valence-corrected chi connectivity index (χ1v) is 7.56. The molecular weight excluding hydrogens is 260 g/mol. The van der Waals surface area contributed by atoms with E-state index < -0.39 is 0 Å². The number of piperidine rings is 1. The number of nitrogens with zero attached hydrogens (tertiary/aromatic N) is 2. The van der Waals surface area contributed by atoms with Crippen molar-refractivity contribution in [1.29, 1.82) is 0 Å². The summed E-state index contributed by atoms with van der Waals surface area (Å²) in [5.41, 5.74) is 3.40. The molecule has 2 aromatic rings. The van der Waals surface area contributed by atoms with Crippen LogP contribution in [0.2, 0.25) is 0 Å². The molecule has 0 amide bonds. The molecule has 1 aromatic heterocycles. The second kappa shape index (κ2) is 6.27. The van der Waals surface area contributed by atoms with Crippen LogP contribution in [0.4, 0.5) is 0 Å². The SMILES string of the molecule is COc1ccc(-c2cccc([C@H]3CCCN(C)C3)n2)cc1. The van der Waals surface area contributed by atoms with Crippen LogP contribution in [0.5, 0.6) is 5.75 Å². The zero-order valence-corrected chi connectivity index (χ0v) is 12.7. The monoisotopic (exact) mass is 282 g/mol. The Morgan fingerprint density at radius 3 is 2.67 bits per heavy atom. The Labute approximate surface area is 126 Å². The average molecular weight is 282 g/mol. The molecule has 0 radical (unpaired) electrons. The lowest BCUT2D eigenvalue weighted by molar-refractivity contribution is 0.248. The number of hydrogen-bond donors (Lipinski definition) is 0. The van der Waals surface area contributed by atoms with Gasteiger partial charge in [0.25, 0.3) is 0 Å². The van der Waals surface area contributed by atoms with Gasteiger partial charge in [-0.3, -0.25) is 4.98 Å². The van der Waals surface area contributed by atoms with E-state index in [1.165, 1.54) is 25.1 Å². The first kappa shape index (κ1) is 14.1. The van der Waals surface area contributed by atoms with E-state index in [4.69, 9.17) is 9.72 Å². The van der Waals surface area contributed by atoms with Gasteiger partial charge in [-0.05, 0) is 62.8 Å². The van der Waals surface area contributed by atoms with Crippen molar-refractivity contribution in [3.8, 4) is 17.0 Å². The van der Waals surface area contributed by atoms with Gasteiger partial charge < -0.3 is 9.64 Å². The molecule has 3 rings (SSSR count). The molecule has 1 saturated heterocycles. The van der Waals surface area contributed by atoms with E-state index in [2.05, 4.69) is 42.3 Å². The fraction of sp³-hybridized carbons (Fsp3) is 0.389. The Hall–Kier alpha value is -1.87. The Kier molecular flexibility index (Phi) is 4.20. The molecule has 3 heteroatoms. The third-order valence-electron chi connectivity index (χ3n) is 4.20. The van der Waals surface area contributed by atoms with Crippen LogP contribution in [-0.4, -0.2) is 37.1 Å². The van der Waals surface area contributed by atoms with Gasteiger partial charge in [0.2, 0.25) is 0 Å². The van der Waals surface area contributed by atoms with Crippen LogP contribution in [0.25, 0.3) is 11.3 Å². The van der Waals surface area contributed by atoms with Crippen molar-refractivity contribution < 1.29 is 4.74 Å². The highest BCUT2D eigenvalue weighted by molar-refractivity contribution is 5.60. The molecule has 1 fully saturated rings. The van der Waals surface area contributed by atoms with Gasteiger partial charge in [-0.2, -0.15) is 0 Å². The molecule has 1 aliphatic rings. The Morgan fingerprint density at radius 2 is 1.95 bits per heavy atom. The third-order valence-corrected chi connectivity index (χ3v) is 4.20. The van der Waals surface area contributed by atoms with E-state index >= 15 is 0 Å². The third kappa shape index (κ3) is 3.24. The van der Waals surface area contributed by atoms with Crippen LogP contribution < -0.4 is 4.74 Å². The van der Waals surface area contributed by atoms with E-state index in [1.807, 2.05) is 12.1 Å². The number of pyridine rings is 1. The normalized spacial score (nSPS) is 19.4. The van der Waals surface area contributed by atoms with Crippen LogP contribution >= 0.6 is 0 Å². The highest BCUT2D eigenvalue weighted by atomic mass is 16.5. The Bertz CT molecular complexity index is 594. The van der Waals surface area contributed by atoms with Crippen molar-refractivity contribution in [3.63, 3.8) is 0 Å². The summed E-state index contributed by atoms with van der Waals surface area (Å²) in [6.07, 6.45) is 2.50.